The average Bonchev–Trinajstić information content (AvgIpc) is 2.43. The highest BCUT2D eigenvalue weighted by atomic mass is 79.9. The molecule has 0 saturated heterocycles. The Kier molecular flexibility index (Phi) is 4.87. The molecule has 20 heavy (non-hydrogen) atoms. The van der Waals surface area contributed by atoms with Gasteiger partial charge < -0.3 is 5.32 Å². The number of hydrogen-bond donors (Lipinski definition) is 1. The molecule has 106 valence electrons. The van der Waals surface area contributed by atoms with Crippen LogP contribution in [0.1, 0.15) is 49.4 Å². The summed E-state index contributed by atoms with van der Waals surface area (Å²) in [7, 11) is 0. The molecule has 0 amide bonds. The first-order valence-corrected chi connectivity index (χ1v) is 7.89. The van der Waals surface area contributed by atoms with Crippen molar-refractivity contribution in [2.75, 3.05) is 5.32 Å². The van der Waals surface area contributed by atoms with Gasteiger partial charge in [0.05, 0.1) is 0 Å². The lowest BCUT2D eigenvalue weighted by Crippen LogP contribution is -2.06. The Bertz CT molecular complexity index is 572. The molecule has 0 fully saturated rings. The van der Waals surface area contributed by atoms with Crippen LogP contribution in [0.25, 0.3) is 0 Å². The second-order valence-electron chi connectivity index (χ2n) is 5.65. The Labute approximate surface area is 130 Å². The van der Waals surface area contributed by atoms with Crippen LogP contribution >= 0.6 is 15.9 Å². The standard InChI is InChI=1S/C18H22BrN/c1-12(2)15-5-7-16(8-6-15)14(4)20-17-9-10-18(19)13(3)11-17/h5-12,14,20H,1-4H3. The summed E-state index contributed by atoms with van der Waals surface area (Å²) in [4.78, 5) is 0. The van der Waals surface area contributed by atoms with Crippen LogP contribution in [-0.4, -0.2) is 0 Å². The van der Waals surface area contributed by atoms with Crippen LogP contribution in [0.5, 0.6) is 0 Å². The van der Waals surface area contributed by atoms with E-state index >= 15 is 0 Å². The van der Waals surface area contributed by atoms with Crippen molar-refractivity contribution in [1.82, 2.24) is 0 Å². The highest BCUT2D eigenvalue weighted by Gasteiger charge is 2.07. The second-order valence-corrected chi connectivity index (χ2v) is 6.51. The Hall–Kier alpha value is -1.28. The van der Waals surface area contributed by atoms with Crippen molar-refractivity contribution in [2.24, 2.45) is 0 Å². The summed E-state index contributed by atoms with van der Waals surface area (Å²) in [6.45, 7) is 8.75. The van der Waals surface area contributed by atoms with Gasteiger partial charge in [0.2, 0.25) is 0 Å². The normalized spacial score (nSPS) is 12.5. The maximum Gasteiger partial charge on any atom is 0.0485 e. The van der Waals surface area contributed by atoms with Crippen molar-refractivity contribution in [3.8, 4) is 0 Å². The van der Waals surface area contributed by atoms with Crippen molar-refractivity contribution in [3.63, 3.8) is 0 Å². The molecule has 0 radical (unpaired) electrons. The fraction of sp³-hybridized carbons (Fsp3) is 0.333. The molecule has 2 aromatic carbocycles. The molecule has 1 N–H and O–H groups in total. The van der Waals surface area contributed by atoms with Gasteiger partial charge in [0.15, 0.2) is 0 Å². The highest BCUT2D eigenvalue weighted by molar-refractivity contribution is 9.10. The topological polar surface area (TPSA) is 12.0 Å². The van der Waals surface area contributed by atoms with Gasteiger partial charge in [-0.15, -0.1) is 0 Å². The van der Waals surface area contributed by atoms with Gasteiger partial charge in [-0.1, -0.05) is 54.0 Å². The zero-order valence-corrected chi connectivity index (χ0v) is 14.2. The van der Waals surface area contributed by atoms with E-state index in [1.54, 1.807) is 0 Å². The van der Waals surface area contributed by atoms with Gasteiger partial charge in [0.1, 0.15) is 0 Å². The van der Waals surface area contributed by atoms with Crippen LogP contribution in [0.2, 0.25) is 0 Å². The zero-order valence-electron chi connectivity index (χ0n) is 12.6. The Morgan fingerprint density at radius 2 is 1.50 bits per heavy atom. The molecule has 0 saturated carbocycles. The van der Waals surface area contributed by atoms with E-state index in [0.717, 1.165) is 10.2 Å². The van der Waals surface area contributed by atoms with E-state index in [-0.39, 0.29) is 0 Å². The van der Waals surface area contributed by atoms with Crippen molar-refractivity contribution in [3.05, 3.63) is 63.6 Å². The Morgan fingerprint density at radius 1 is 0.900 bits per heavy atom. The first-order chi connectivity index (χ1) is 9.47. The number of halogens is 1. The van der Waals surface area contributed by atoms with Gasteiger partial charge in [-0.05, 0) is 54.7 Å². The number of benzene rings is 2. The van der Waals surface area contributed by atoms with E-state index in [1.807, 2.05) is 0 Å². The Morgan fingerprint density at radius 3 is 2.05 bits per heavy atom. The summed E-state index contributed by atoms with van der Waals surface area (Å²) in [6.07, 6.45) is 0. The summed E-state index contributed by atoms with van der Waals surface area (Å²) in [6, 6.07) is 15.6. The van der Waals surface area contributed by atoms with Crippen molar-refractivity contribution in [2.45, 2.75) is 39.7 Å². The van der Waals surface area contributed by atoms with Crippen LogP contribution in [0, 0.1) is 6.92 Å². The number of nitrogens with one attached hydrogen (secondary N) is 1. The zero-order chi connectivity index (χ0) is 14.7. The molecular formula is C18H22BrN. The molecular weight excluding hydrogens is 310 g/mol. The Balaban J connectivity index is 2.10. The lowest BCUT2D eigenvalue weighted by molar-refractivity contribution is 0.852. The SMILES string of the molecule is Cc1cc(NC(C)c2ccc(C(C)C)cc2)ccc1Br. The van der Waals surface area contributed by atoms with Gasteiger partial charge >= 0.3 is 0 Å². The van der Waals surface area contributed by atoms with Crippen molar-refractivity contribution < 1.29 is 0 Å². The highest BCUT2D eigenvalue weighted by Crippen LogP contribution is 2.25. The molecule has 0 bridgehead atoms. The maximum atomic E-state index is 3.55. The summed E-state index contributed by atoms with van der Waals surface area (Å²) >= 11 is 3.53. The summed E-state index contributed by atoms with van der Waals surface area (Å²) in [5.41, 5.74) is 5.11. The molecule has 0 aromatic heterocycles. The van der Waals surface area contributed by atoms with Crippen molar-refractivity contribution in [1.29, 1.82) is 0 Å². The number of hydrogen-bond acceptors (Lipinski definition) is 1. The molecule has 0 spiro atoms. The molecule has 2 heteroatoms. The lowest BCUT2D eigenvalue weighted by atomic mass is 9.99. The fourth-order valence-electron chi connectivity index (χ4n) is 2.24. The van der Waals surface area contributed by atoms with Gasteiger partial charge in [0, 0.05) is 16.2 Å². The van der Waals surface area contributed by atoms with E-state index in [2.05, 4.69) is 91.4 Å². The number of aryl methyl sites for hydroxylation is 1. The minimum atomic E-state index is 0.303. The number of rotatable bonds is 4. The van der Waals surface area contributed by atoms with Crippen LogP contribution in [-0.2, 0) is 0 Å². The number of anilines is 1. The van der Waals surface area contributed by atoms with Crippen molar-refractivity contribution >= 4 is 21.6 Å². The first kappa shape index (κ1) is 15.1. The van der Waals surface area contributed by atoms with E-state index in [4.69, 9.17) is 0 Å². The monoisotopic (exact) mass is 331 g/mol. The lowest BCUT2D eigenvalue weighted by Gasteiger charge is -2.17. The van der Waals surface area contributed by atoms with Crippen LogP contribution in [0.3, 0.4) is 0 Å². The van der Waals surface area contributed by atoms with E-state index in [1.165, 1.54) is 16.7 Å². The quantitative estimate of drug-likeness (QED) is 0.718. The summed E-state index contributed by atoms with van der Waals surface area (Å²) < 4.78 is 1.15. The molecule has 0 aliphatic rings. The van der Waals surface area contributed by atoms with Crippen LogP contribution in [0.15, 0.2) is 46.9 Å². The third-order valence-corrected chi connectivity index (χ3v) is 4.53. The second kappa shape index (κ2) is 6.45. The third kappa shape index (κ3) is 3.63. The van der Waals surface area contributed by atoms with Gasteiger partial charge in [-0.25, -0.2) is 0 Å². The summed E-state index contributed by atoms with van der Waals surface area (Å²) in [5.74, 6) is 0.585. The van der Waals surface area contributed by atoms with E-state index in [9.17, 15) is 0 Å². The van der Waals surface area contributed by atoms with Crippen LogP contribution < -0.4 is 5.32 Å². The van der Waals surface area contributed by atoms with Gasteiger partial charge in [-0.3, -0.25) is 0 Å². The first-order valence-electron chi connectivity index (χ1n) is 7.10. The molecule has 0 aliphatic carbocycles. The van der Waals surface area contributed by atoms with Gasteiger partial charge in [-0.2, -0.15) is 0 Å². The smallest absolute Gasteiger partial charge is 0.0485 e. The third-order valence-electron chi connectivity index (χ3n) is 3.64. The maximum absolute atomic E-state index is 3.55. The molecule has 0 aliphatic heterocycles. The molecule has 1 unspecified atom stereocenters. The minimum absolute atomic E-state index is 0.303. The predicted molar refractivity (Wildman–Crippen MR) is 91.4 cm³/mol. The van der Waals surface area contributed by atoms with Gasteiger partial charge in [0.25, 0.3) is 0 Å². The predicted octanol–water partition coefficient (Wildman–Crippen LogP) is 6.05. The molecule has 1 atom stereocenters. The van der Waals surface area contributed by atoms with E-state index in [0.29, 0.717) is 12.0 Å². The van der Waals surface area contributed by atoms with Crippen LogP contribution in [0.4, 0.5) is 5.69 Å². The molecule has 0 heterocycles. The summed E-state index contributed by atoms with van der Waals surface area (Å²) in [5, 5.41) is 3.55. The van der Waals surface area contributed by atoms with E-state index < -0.39 is 0 Å². The molecule has 2 rings (SSSR count). The largest absolute Gasteiger partial charge is 0.379 e. The fourth-order valence-corrected chi connectivity index (χ4v) is 2.48. The molecule has 1 nitrogen and oxygen atoms in total. The minimum Gasteiger partial charge on any atom is -0.379 e. The average molecular weight is 332 g/mol. The molecule has 2 aromatic rings.